The highest BCUT2D eigenvalue weighted by molar-refractivity contribution is 6.19. The third-order valence-corrected chi connectivity index (χ3v) is 6.85. The summed E-state index contributed by atoms with van der Waals surface area (Å²) in [5.74, 6) is -0.713. The van der Waals surface area contributed by atoms with Crippen molar-refractivity contribution in [3.05, 3.63) is 64.5 Å². The van der Waals surface area contributed by atoms with Gasteiger partial charge < -0.3 is 25.2 Å². The summed E-state index contributed by atoms with van der Waals surface area (Å²) < 4.78 is 11.1. The molecule has 7 heteroatoms. The number of nitrogens with zero attached hydrogens (tertiary/aromatic N) is 1. The van der Waals surface area contributed by atoms with Gasteiger partial charge in [0.05, 0.1) is 12.3 Å². The van der Waals surface area contributed by atoms with Gasteiger partial charge in [0.15, 0.2) is 0 Å². The van der Waals surface area contributed by atoms with Gasteiger partial charge in [-0.15, -0.1) is 0 Å². The number of amides is 1. The quantitative estimate of drug-likeness (QED) is 0.702. The normalized spacial score (nSPS) is 24.8. The molecule has 3 heterocycles. The molecule has 0 saturated carbocycles. The van der Waals surface area contributed by atoms with Crippen LogP contribution in [-0.4, -0.2) is 29.1 Å². The molecule has 1 spiro atoms. The number of nitrogens with two attached hydrogens (primary N) is 1. The van der Waals surface area contributed by atoms with Gasteiger partial charge in [0.25, 0.3) is 0 Å². The number of carbonyl (C=O) groups excluding carboxylic acids is 2. The summed E-state index contributed by atoms with van der Waals surface area (Å²) in [5, 5.41) is 10.1. The monoisotopic (exact) mass is 434 g/mol. The number of carbonyl (C=O) groups is 2. The molecule has 3 N–H and O–H groups in total. The summed E-state index contributed by atoms with van der Waals surface area (Å²) in [6.07, 6.45) is 0.776. The van der Waals surface area contributed by atoms with Crippen LogP contribution in [0.3, 0.4) is 0 Å². The van der Waals surface area contributed by atoms with E-state index in [4.69, 9.17) is 15.2 Å². The number of phenolic OH excluding ortho intramolecular Hbond substituents is 1. The van der Waals surface area contributed by atoms with Crippen molar-refractivity contribution in [2.75, 3.05) is 11.5 Å². The first-order valence-electron chi connectivity index (χ1n) is 10.8. The Kier molecular flexibility index (Phi) is 4.16. The fraction of sp³-hybridized carbons (Fsp3) is 0.360. The Morgan fingerprint density at radius 2 is 2.03 bits per heavy atom. The van der Waals surface area contributed by atoms with Crippen LogP contribution in [0.25, 0.3) is 0 Å². The second kappa shape index (κ2) is 6.51. The maximum Gasteiger partial charge on any atom is 0.341 e. The molecule has 2 aromatic carbocycles. The molecule has 7 nitrogen and oxygen atoms in total. The van der Waals surface area contributed by atoms with E-state index in [0.717, 1.165) is 17.7 Å². The van der Waals surface area contributed by atoms with Crippen molar-refractivity contribution in [1.82, 2.24) is 0 Å². The highest BCUT2D eigenvalue weighted by Crippen LogP contribution is 2.61. The molecule has 3 aliphatic rings. The molecule has 2 aromatic rings. The van der Waals surface area contributed by atoms with Crippen molar-refractivity contribution in [2.45, 2.75) is 51.0 Å². The van der Waals surface area contributed by atoms with E-state index in [-0.39, 0.29) is 41.4 Å². The minimum absolute atomic E-state index is 0.0196. The maximum absolute atomic E-state index is 14.5. The van der Waals surface area contributed by atoms with Crippen LogP contribution in [-0.2, 0) is 19.7 Å². The Hall–Kier alpha value is -3.48. The molecule has 0 fully saturated rings. The predicted octanol–water partition coefficient (Wildman–Crippen LogP) is 3.44. The Bertz CT molecular complexity index is 1210. The lowest BCUT2D eigenvalue weighted by Crippen LogP contribution is -2.55. The number of para-hydroxylation sites is 1. The third-order valence-electron chi connectivity index (χ3n) is 6.85. The molecule has 5 rings (SSSR count). The fourth-order valence-corrected chi connectivity index (χ4v) is 5.78. The van der Waals surface area contributed by atoms with E-state index in [0.29, 0.717) is 11.1 Å². The first-order valence-corrected chi connectivity index (χ1v) is 10.8. The summed E-state index contributed by atoms with van der Waals surface area (Å²) >= 11 is 0. The van der Waals surface area contributed by atoms with E-state index in [1.165, 1.54) is 12.1 Å². The lowest BCUT2D eigenvalue weighted by atomic mass is 9.68. The van der Waals surface area contributed by atoms with Crippen LogP contribution in [0.15, 0.2) is 47.9 Å². The molecule has 32 heavy (non-hydrogen) atoms. The molecule has 0 bridgehead atoms. The molecule has 0 unspecified atom stereocenters. The van der Waals surface area contributed by atoms with Crippen molar-refractivity contribution in [1.29, 1.82) is 0 Å². The van der Waals surface area contributed by atoms with Crippen molar-refractivity contribution in [3.8, 4) is 11.5 Å². The molecule has 2 atom stereocenters. The van der Waals surface area contributed by atoms with E-state index in [9.17, 15) is 14.7 Å². The number of ether oxygens (including phenoxy) is 2. The van der Waals surface area contributed by atoms with Gasteiger partial charge in [-0.2, -0.15) is 0 Å². The Labute approximate surface area is 186 Å². The van der Waals surface area contributed by atoms with E-state index >= 15 is 0 Å². The summed E-state index contributed by atoms with van der Waals surface area (Å²) in [7, 11) is 0. The lowest BCUT2D eigenvalue weighted by molar-refractivity contribution is -0.141. The van der Waals surface area contributed by atoms with Gasteiger partial charge in [-0.1, -0.05) is 25.1 Å². The van der Waals surface area contributed by atoms with Gasteiger partial charge >= 0.3 is 5.97 Å². The van der Waals surface area contributed by atoms with E-state index in [1.807, 2.05) is 36.9 Å². The second-order valence-electron chi connectivity index (χ2n) is 9.29. The number of hydrogen-bond acceptors (Lipinski definition) is 6. The number of hydrogen-bond donors (Lipinski definition) is 2. The molecule has 0 radical (unpaired) electrons. The molecule has 0 aliphatic carbocycles. The van der Waals surface area contributed by atoms with Gasteiger partial charge in [0, 0.05) is 22.7 Å². The standard InChI is InChI=1S/C25H26N2O5/c1-5-31-22(29)19-21(26)32-18-11-14(28)9-10-16(18)25(19)17-8-6-7-15-13(2)12-24(3,4)27(20(15)17)23(25)30/h6-11,13,28H,5,12,26H2,1-4H3/t13-,25-/m1/s1. The first-order chi connectivity index (χ1) is 15.1. The van der Waals surface area contributed by atoms with Crippen LogP contribution in [0, 0.1) is 0 Å². The molecule has 0 aromatic heterocycles. The topological polar surface area (TPSA) is 102 Å². The molecular formula is C25H26N2O5. The van der Waals surface area contributed by atoms with E-state index in [1.54, 1.807) is 13.0 Å². The van der Waals surface area contributed by atoms with Crippen LogP contribution in [0.2, 0.25) is 0 Å². The second-order valence-corrected chi connectivity index (χ2v) is 9.29. The zero-order chi connectivity index (χ0) is 23.0. The molecule has 166 valence electrons. The summed E-state index contributed by atoms with van der Waals surface area (Å²) in [6, 6.07) is 10.4. The van der Waals surface area contributed by atoms with Gasteiger partial charge in [-0.05, 0) is 50.8 Å². The lowest BCUT2D eigenvalue weighted by Gasteiger charge is -2.44. The average Bonchev–Trinajstić information content (AvgIpc) is 2.96. The minimum Gasteiger partial charge on any atom is -0.508 e. The zero-order valence-electron chi connectivity index (χ0n) is 18.6. The third kappa shape index (κ3) is 2.36. The SMILES string of the molecule is CCOC(=O)C1=C(N)Oc2cc(O)ccc2[C@]12C(=O)N1c3c(cccc32)[C@H](C)CC1(C)C. The Morgan fingerprint density at radius 3 is 2.75 bits per heavy atom. The molecule has 1 amide bonds. The van der Waals surface area contributed by atoms with Crippen LogP contribution in [0.5, 0.6) is 11.5 Å². The summed E-state index contributed by atoms with van der Waals surface area (Å²) in [5.41, 5.74) is 7.28. The van der Waals surface area contributed by atoms with Gasteiger partial charge in [0.1, 0.15) is 22.5 Å². The molecular weight excluding hydrogens is 408 g/mol. The van der Waals surface area contributed by atoms with Gasteiger partial charge in [0.2, 0.25) is 11.8 Å². The highest BCUT2D eigenvalue weighted by atomic mass is 16.5. The number of esters is 1. The maximum atomic E-state index is 14.5. The Morgan fingerprint density at radius 1 is 1.28 bits per heavy atom. The van der Waals surface area contributed by atoms with Crippen molar-refractivity contribution < 1.29 is 24.2 Å². The average molecular weight is 434 g/mol. The number of phenols is 1. The first kappa shape index (κ1) is 20.4. The number of rotatable bonds is 2. The molecule has 0 saturated heterocycles. The number of anilines is 1. The summed E-state index contributed by atoms with van der Waals surface area (Å²) in [6.45, 7) is 8.05. The summed E-state index contributed by atoms with van der Waals surface area (Å²) in [4.78, 5) is 29.6. The number of benzene rings is 2. The molecule has 3 aliphatic heterocycles. The smallest absolute Gasteiger partial charge is 0.341 e. The van der Waals surface area contributed by atoms with Crippen LogP contribution in [0.1, 0.15) is 56.7 Å². The highest BCUT2D eigenvalue weighted by Gasteiger charge is 2.64. The van der Waals surface area contributed by atoms with Crippen molar-refractivity contribution in [3.63, 3.8) is 0 Å². The largest absolute Gasteiger partial charge is 0.508 e. The minimum atomic E-state index is -1.52. The van der Waals surface area contributed by atoms with Crippen LogP contribution >= 0.6 is 0 Å². The van der Waals surface area contributed by atoms with Gasteiger partial charge in [-0.25, -0.2) is 4.79 Å². The van der Waals surface area contributed by atoms with Crippen LogP contribution < -0.4 is 15.4 Å². The van der Waals surface area contributed by atoms with Crippen LogP contribution in [0.4, 0.5) is 5.69 Å². The predicted molar refractivity (Wildman–Crippen MR) is 118 cm³/mol. The fourth-order valence-electron chi connectivity index (χ4n) is 5.78. The van der Waals surface area contributed by atoms with Crippen molar-refractivity contribution >= 4 is 17.6 Å². The van der Waals surface area contributed by atoms with E-state index in [2.05, 4.69) is 6.92 Å². The number of aromatic hydroxyl groups is 1. The number of fused-ring (bicyclic) bond motifs is 3. The Balaban J connectivity index is 1.93. The zero-order valence-corrected chi connectivity index (χ0v) is 18.6. The van der Waals surface area contributed by atoms with Gasteiger partial charge in [-0.3, -0.25) is 4.79 Å². The van der Waals surface area contributed by atoms with Crippen molar-refractivity contribution in [2.24, 2.45) is 5.73 Å². The van der Waals surface area contributed by atoms with E-state index < -0.39 is 16.9 Å².